The molecule has 1 aromatic carbocycles. The molecule has 21 heavy (non-hydrogen) atoms. The molecule has 0 amide bonds. The lowest BCUT2D eigenvalue weighted by Gasteiger charge is -2.27. The number of benzene rings is 1. The molecule has 3 nitrogen and oxygen atoms in total. The topological polar surface area (TPSA) is 18.5 Å². The fraction of sp³-hybridized carbons (Fsp3) is 0.625. The molecule has 1 unspecified atom stereocenters. The van der Waals surface area contributed by atoms with Crippen molar-refractivity contribution in [2.24, 2.45) is 0 Å². The van der Waals surface area contributed by atoms with Gasteiger partial charge in [0, 0.05) is 24.8 Å². The highest BCUT2D eigenvalue weighted by Crippen LogP contribution is 2.24. The Kier molecular flexibility index (Phi) is 10.9. The lowest BCUT2D eigenvalue weighted by Crippen LogP contribution is -2.38. The first-order valence-electron chi connectivity index (χ1n) is 7.44. The highest BCUT2D eigenvalue weighted by atomic mass is 35.5. The number of hydrogen-bond acceptors (Lipinski definition) is 3. The first-order valence-corrected chi connectivity index (χ1v) is 7.44. The zero-order valence-electron chi connectivity index (χ0n) is 13.1. The standard InChI is InChI=1S/C16H27N3.2ClH/c1-18(2)12-7-11-17-14-16-10-6-13-19(16)15-8-4-3-5-9-15;;/h3-5,8-9,16-17H,6-7,10-14H2,1-2H3;2*1H. The quantitative estimate of drug-likeness (QED) is 0.773. The van der Waals surface area contributed by atoms with Gasteiger partial charge in [0.05, 0.1) is 0 Å². The molecular formula is C16H29Cl2N3. The second-order valence-corrected chi connectivity index (χ2v) is 5.69. The van der Waals surface area contributed by atoms with E-state index < -0.39 is 0 Å². The summed E-state index contributed by atoms with van der Waals surface area (Å²) >= 11 is 0. The van der Waals surface area contributed by atoms with Gasteiger partial charge in [0.1, 0.15) is 0 Å². The van der Waals surface area contributed by atoms with Gasteiger partial charge in [0.2, 0.25) is 0 Å². The van der Waals surface area contributed by atoms with Crippen molar-refractivity contribution in [3.8, 4) is 0 Å². The van der Waals surface area contributed by atoms with Gasteiger partial charge in [-0.3, -0.25) is 0 Å². The fourth-order valence-corrected chi connectivity index (χ4v) is 2.80. The molecule has 0 saturated carbocycles. The van der Waals surface area contributed by atoms with Crippen molar-refractivity contribution < 1.29 is 0 Å². The van der Waals surface area contributed by atoms with Crippen LogP contribution in [0.4, 0.5) is 5.69 Å². The molecule has 1 saturated heterocycles. The van der Waals surface area contributed by atoms with E-state index in [-0.39, 0.29) is 24.8 Å². The molecule has 0 radical (unpaired) electrons. The minimum absolute atomic E-state index is 0. The summed E-state index contributed by atoms with van der Waals surface area (Å²) in [4.78, 5) is 4.80. The highest BCUT2D eigenvalue weighted by Gasteiger charge is 2.23. The summed E-state index contributed by atoms with van der Waals surface area (Å²) in [5.74, 6) is 0. The molecule has 1 aliphatic heterocycles. The zero-order valence-corrected chi connectivity index (χ0v) is 14.8. The molecule has 0 bridgehead atoms. The van der Waals surface area contributed by atoms with E-state index in [1.165, 1.54) is 38.0 Å². The Morgan fingerprint density at radius 3 is 2.57 bits per heavy atom. The van der Waals surface area contributed by atoms with Gasteiger partial charge in [-0.25, -0.2) is 0 Å². The van der Waals surface area contributed by atoms with Crippen LogP contribution in [0.25, 0.3) is 0 Å². The van der Waals surface area contributed by atoms with Crippen LogP contribution in [-0.2, 0) is 0 Å². The van der Waals surface area contributed by atoms with Crippen LogP contribution in [0.1, 0.15) is 19.3 Å². The van der Waals surface area contributed by atoms with Crippen molar-refractivity contribution in [3.63, 3.8) is 0 Å². The fourth-order valence-electron chi connectivity index (χ4n) is 2.80. The number of hydrogen-bond donors (Lipinski definition) is 1. The third kappa shape index (κ3) is 6.88. The van der Waals surface area contributed by atoms with Crippen LogP contribution in [0.5, 0.6) is 0 Å². The molecule has 1 aliphatic rings. The minimum Gasteiger partial charge on any atom is -0.367 e. The van der Waals surface area contributed by atoms with Gasteiger partial charge >= 0.3 is 0 Å². The summed E-state index contributed by atoms with van der Waals surface area (Å²) in [5.41, 5.74) is 1.38. The first kappa shape index (κ1) is 20.5. The summed E-state index contributed by atoms with van der Waals surface area (Å²) in [6, 6.07) is 11.5. The van der Waals surface area contributed by atoms with Gasteiger partial charge in [-0.05, 0) is 58.6 Å². The van der Waals surface area contributed by atoms with Crippen LogP contribution >= 0.6 is 24.8 Å². The van der Waals surface area contributed by atoms with Gasteiger partial charge in [-0.1, -0.05) is 18.2 Å². The summed E-state index contributed by atoms with van der Waals surface area (Å²) < 4.78 is 0. The van der Waals surface area contributed by atoms with Crippen LogP contribution in [0.2, 0.25) is 0 Å². The smallest absolute Gasteiger partial charge is 0.0415 e. The Hall–Kier alpha value is -0.480. The molecule has 2 rings (SSSR count). The molecule has 0 aromatic heterocycles. The Bertz CT molecular complexity index is 360. The molecule has 1 heterocycles. The summed E-state index contributed by atoms with van der Waals surface area (Å²) in [6.07, 6.45) is 3.86. The molecule has 1 atom stereocenters. The maximum Gasteiger partial charge on any atom is 0.0415 e. The Morgan fingerprint density at radius 1 is 1.19 bits per heavy atom. The van der Waals surface area contributed by atoms with Crippen LogP contribution in [0.3, 0.4) is 0 Å². The van der Waals surface area contributed by atoms with Crippen LogP contribution in [0, 0.1) is 0 Å². The molecule has 122 valence electrons. The van der Waals surface area contributed by atoms with Crippen molar-refractivity contribution in [1.29, 1.82) is 0 Å². The third-order valence-corrected chi connectivity index (χ3v) is 3.80. The van der Waals surface area contributed by atoms with E-state index in [4.69, 9.17) is 0 Å². The SMILES string of the molecule is CN(C)CCCNCC1CCCN1c1ccccc1.Cl.Cl. The van der Waals surface area contributed by atoms with Gasteiger partial charge in [-0.15, -0.1) is 24.8 Å². The van der Waals surface area contributed by atoms with Crippen molar-refractivity contribution >= 4 is 30.5 Å². The van der Waals surface area contributed by atoms with E-state index in [0.717, 1.165) is 13.1 Å². The molecular weight excluding hydrogens is 305 g/mol. The average molecular weight is 334 g/mol. The second-order valence-electron chi connectivity index (χ2n) is 5.69. The predicted molar refractivity (Wildman–Crippen MR) is 97.3 cm³/mol. The predicted octanol–water partition coefficient (Wildman–Crippen LogP) is 3.04. The largest absolute Gasteiger partial charge is 0.367 e. The molecule has 5 heteroatoms. The van der Waals surface area contributed by atoms with Crippen molar-refractivity contribution in [2.75, 3.05) is 45.2 Å². The first-order chi connectivity index (χ1) is 9.27. The van der Waals surface area contributed by atoms with E-state index in [0.29, 0.717) is 6.04 Å². The Labute approximate surface area is 141 Å². The minimum atomic E-state index is 0. The Balaban J connectivity index is 0.00000200. The number of nitrogens with one attached hydrogen (secondary N) is 1. The van der Waals surface area contributed by atoms with E-state index in [2.05, 4.69) is 59.5 Å². The maximum atomic E-state index is 3.61. The van der Waals surface area contributed by atoms with Crippen molar-refractivity contribution in [2.45, 2.75) is 25.3 Å². The van der Waals surface area contributed by atoms with E-state index in [1.807, 2.05) is 0 Å². The number of para-hydroxylation sites is 1. The van der Waals surface area contributed by atoms with Gasteiger partial charge in [0.25, 0.3) is 0 Å². The van der Waals surface area contributed by atoms with Crippen LogP contribution in [0.15, 0.2) is 30.3 Å². The Morgan fingerprint density at radius 2 is 1.90 bits per heavy atom. The van der Waals surface area contributed by atoms with Crippen LogP contribution in [-0.4, -0.2) is 51.2 Å². The molecule has 1 fully saturated rings. The second kappa shape index (κ2) is 11.1. The maximum absolute atomic E-state index is 3.61. The normalized spacial score (nSPS) is 17.5. The number of anilines is 1. The molecule has 0 spiro atoms. The monoisotopic (exact) mass is 333 g/mol. The number of halogens is 2. The number of nitrogens with zero attached hydrogens (tertiary/aromatic N) is 2. The highest BCUT2D eigenvalue weighted by molar-refractivity contribution is 5.85. The molecule has 0 aliphatic carbocycles. The molecule has 1 N–H and O–H groups in total. The van der Waals surface area contributed by atoms with Crippen molar-refractivity contribution in [1.82, 2.24) is 10.2 Å². The lowest BCUT2D eigenvalue weighted by atomic mass is 10.2. The van der Waals surface area contributed by atoms with Crippen molar-refractivity contribution in [3.05, 3.63) is 30.3 Å². The van der Waals surface area contributed by atoms with E-state index >= 15 is 0 Å². The van der Waals surface area contributed by atoms with Gasteiger partial charge < -0.3 is 15.1 Å². The van der Waals surface area contributed by atoms with E-state index in [1.54, 1.807) is 0 Å². The summed E-state index contributed by atoms with van der Waals surface area (Å²) in [7, 11) is 4.27. The average Bonchev–Trinajstić information content (AvgIpc) is 2.87. The summed E-state index contributed by atoms with van der Waals surface area (Å²) in [5, 5.41) is 3.61. The van der Waals surface area contributed by atoms with E-state index in [9.17, 15) is 0 Å². The third-order valence-electron chi connectivity index (χ3n) is 3.80. The van der Waals surface area contributed by atoms with Gasteiger partial charge in [-0.2, -0.15) is 0 Å². The zero-order chi connectivity index (χ0) is 13.5. The summed E-state index contributed by atoms with van der Waals surface area (Å²) in [6.45, 7) is 4.60. The van der Waals surface area contributed by atoms with Gasteiger partial charge in [0.15, 0.2) is 0 Å². The number of rotatable bonds is 7. The van der Waals surface area contributed by atoms with Crippen LogP contribution < -0.4 is 10.2 Å². The molecule has 1 aromatic rings. The lowest BCUT2D eigenvalue weighted by molar-refractivity contribution is 0.392.